The summed E-state index contributed by atoms with van der Waals surface area (Å²) in [5, 5.41) is 7.73. The number of aromatic nitrogens is 3. The van der Waals surface area contributed by atoms with E-state index in [9.17, 15) is 4.79 Å². The predicted molar refractivity (Wildman–Crippen MR) is 90.5 cm³/mol. The molecule has 0 aliphatic carbocycles. The first-order valence-electron chi connectivity index (χ1n) is 7.57. The molecule has 0 aromatic carbocycles. The summed E-state index contributed by atoms with van der Waals surface area (Å²) in [5.41, 5.74) is 0.312. The van der Waals surface area contributed by atoms with E-state index in [2.05, 4.69) is 31.3 Å². The van der Waals surface area contributed by atoms with Crippen LogP contribution in [0.5, 0.6) is 0 Å². The number of anilines is 1. The van der Waals surface area contributed by atoms with E-state index < -0.39 is 5.60 Å². The molecule has 1 amide bonds. The third kappa shape index (κ3) is 3.57. The Morgan fingerprint density at radius 1 is 1.48 bits per heavy atom. The number of nitrogens with zero attached hydrogens (tertiary/aromatic N) is 4. The molecule has 23 heavy (non-hydrogen) atoms. The minimum absolute atomic E-state index is 0.133. The van der Waals surface area contributed by atoms with Crippen LogP contribution in [0.4, 0.5) is 10.6 Å². The Labute approximate surface area is 143 Å². The highest BCUT2D eigenvalue weighted by molar-refractivity contribution is 9.10. The van der Waals surface area contributed by atoms with Gasteiger partial charge in [0.2, 0.25) is 0 Å². The summed E-state index contributed by atoms with van der Waals surface area (Å²) in [7, 11) is 0. The van der Waals surface area contributed by atoms with Crippen LogP contribution >= 0.6 is 15.9 Å². The van der Waals surface area contributed by atoms with Gasteiger partial charge in [0.05, 0.1) is 12.2 Å². The summed E-state index contributed by atoms with van der Waals surface area (Å²) in [4.78, 5) is 18.1. The lowest BCUT2D eigenvalue weighted by atomic mass is 10.0. The Hall–Kier alpha value is -1.83. The monoisotopic (exact) mass is 381 g/mol. The molecule has 0 saturated carbocycles. The van der Waals surface area contributed by atoms with Crippen molar-refractivity contribution in [2.75, 3.05) is 18.4 Å². The molecule has 1 saturated heterocycles. The van der Waals surface area contributed by atoms with Crippen molar-refractivity contribution in [3.05, 3.63) is 22.9 Å². The summed E-state index contributed by atoms with van der Waals surface area (Å²) in [6.45, 7) is 7.00. The van der Waals surface area contributed by atoms with Crippen LogP contribution in [-0.4, -0.2) is 50.3 Å². The molecule has 1 fully saturated rings. The molecule has 2 aromatic heterocycles. The lowest BCUT2D eigenvalue weighted by Crippen LogP contribution is -2.55. The van der Waals surface area contributed by atoms with Gasteiger partial charge in [0.15, 0.2) is 5.65 Å². The molecule has 8 heteroatoms. The van der Waals surface area contributed by atoms with Crippen LogP contribution in [0.2, 0.25) is 0 Å². The maximum atomic E-state index is 12.1. The van der Waals surface area contributed by atoms with Crippen LogP contribution in [0, 0.1) is 0 Å². The van der Waals surface area contributed by atoms with Crippen molar-refractivity contribution in [2.24, 2.45) is 0 Å². The minimum atomic E-state index is -0.467. The minimum Gasteiger partial charge on any atom is -0.444 e. The Morgan fingerprint density at radius 2 is 2.26 bits per heavy atom. The molecular formula is C15H20BrN5O2. The molecule has 0 bridgehead atoms. The summed E-state index contributed by atoms with van der Waals surface area (Å²) in [6.07, 6.45) is 2.42. The summed E-state index contributed by atoms with van der Waals surface area (Å²) < 4.78 is 7.93. The first-order chi connectivity index (χ1) is 10.8. The molecule has 3 heterocycles. The molecule has 124 valence electrons. The number of fused-ring (bicyclic) bond motifs is 1. The normalized spacial score (nSPS) is 17.9. The number of hydrogen-bond donors (Lipinski definition) is 1. The second kappa shape index (κ2) is 5.99. The molecule has 0 spiro atoms. The first-order valence-corrected chi connectivity index (χ1v) is 8.36. The maximum Gasteiger partial charge on any atom is 0.410 e. The second-order valence-corrected chi connectivity index (χ2v) is 7.38. The third-order valence-corrected chi connectivity index (χ3v) is 4.15. The zero-order valence-electron chi connectivity index (χ0n) is 13.4. The van der Waals surface area contributed by atoms with Crippen LogP contribution in [0.1, 0.15) is 27.2 Å². The smallest absolute Gasteiger partial charge is 0.410 e. The summed E-state index contributed by atoms with van der Waals surface area (Å²) in [5.74, 6) is 0.743. The summed E-state index contributed by atoms with van der Waals surface area (Å²) in [6, 6.07) is 3.91. The quantitative estimate of drug-likeness (QED) is 0.884. The van der Waals surface area contributed by atoms with Crippen molar-refractivity contribution in [3.8, 4) is 0 Å². The van der Waals surface area contributed by atoms with E-state index in [0.717, 1.165) is 29.0 Å². The van der Waals surface area contributed by atoms with Gasteiger partial charge in [0, 0.05) is 13.1 Å². The Kier molecular flexibility index (Phi) is 4.18. The van der Waals surface area contributed by atoms with Crippen LogP contribution in [0.25, 0.3) is 5.65 Å². The van der Waals surface area contributed by atoms with Gasteiger partial charge in [-0.15, -0.1) is 5.10 Å². The zero-order valence-corrected chi connectivity index (χ0v) is 15.0. The van der Waals surface area contributed by atoms with E-state index in [1.807, 2.05) is 32.9 Å². The molecular weight excluding hydrogens is 362 g/mol. The van der Waals surface area contributed by atoms with Crippen molar-refractivity contribution in [1.82, 2.24) is 19.5 Å². The molecule has 0 unspecified atom stereocenters. The third-order valence-electron chi connectivity index (χ3n) is 3.61. The largest absolute Gasteiger partial charge is 0.444 e. The molecule has 0 radical (unpaired) electrons. The average molecular weight is 382 g/mol. The number of rotatable bonds is 3. The summed E-state index contributed by atoms with van der Waals surface area (Å²) >= 11 is 3.40. The Bertz CT molecular complexity index is 724. The number of halogens is 1. The van der Waals surface area contributed by atoms with Crippen LogP contribution < -0.4 is 5.32 Å². The zero-order chi connectivity index (χ0) is 16.6. The van der Waals surface area contributed by atoms with Gasteiger partial charge in [0.1, 0.15) is 16.0 Å². The Balaban J connectivity index is 1.59. The lowest BCUT2D eigenvalue weighted by Gasteiger charge is -2.41. The van der Waals surface area contributed by atoms with Crippen LogP contribution in [-0.2, 0) is 4.74 Å². The SMILES string of the molecule is CC(C)(C)OC(=O)N1CC[C@H]1CNc1ccc2ncc(Br)n2n1. The van der Waals surface area contributed by atoms with E-state index in [1.54, 1.807) is 15.6 Å². The topological polar surface area (TPSA) is 71.8 Å². The van der Waals surface area contributed by atoms with E-state index >= 15 is 0 Å². The predicted octanol–water partition coefficient (Wildman–Crippen LogP) is 2.91. The van der Waals surface area contributed by atoms with E-state index in [4.69, 9.17) is 4.74 Å². The molecule has 1 atom stereocenters. The average Bonchev–Trinajstić information content (AvgIpc) is 2.77. The fourth-order valence-corrected chi connectivity index (χ4v) is 2.74. The Morgan fingerprint density at radius 3 is 2.91 bits per heavy atom. The van der Waals surface area contributed by atoms with E-state index in [1.165, 1.54) is 0 Å². The molecule has 1 aliphatic heterocycles. The first kappa shape index (κ1) is 16.0. The number of likely N-dealkylation sites (tertiary alicyclic amines) is 1. The second-order valence-electron chi connectivity index (χ2n) is 6.57. The van der Waals surface area contributed by atoms with Crippen molar-refractivity contribution < 1.29 is 9.53 Å². The molecule has 7 nitrogen and oxygen atoms in total. The number of carbonyl (C=O) groups excluding carboxylic acids is 1. The molecule has 3 rings (SSSR count). The fraction of sp³-hybridized carbons (Fsp3) is 0.533. The standard InChI is InChI=1S/C15H20BrN5O2/c1-15(2,3)23-14(22)20-7-6-10(20)8-17-12-4-5-13-18-9-11(16)21(13)19-12/h4-5,9-10H,6-8H2,1-3H3,(H,17,19)/t10-/m0/s1. The van der Waals surface area contributed by atoms with E-state index in [-0.39, 0.29) is 12.1 Å². The van der Waals surface area contributed by atoms with Crippen molar-refractivity contribution in [1.29, 1.82) is 0 Å². The van der Waals surface area contributed by atoms with Gasteiger partial charge in [-0.1, -0.05) is 0 Å². The maximum absolute atomic E-state index is 12.1. The van der Waals surface area contributed by atoms with Gasteiger partial charge in [-0.25, -0.2) is 14.3 Å². The number of carbonyl (C=O) groups is 1. The number of amides is 1. The van der Waals surface area contributed by atoms with Crippen LogP contribution in [0.15, 0.2) is 22.9 Å². The van der Waals surface area contributed by atoms with Gasteiger partial charge < -0.3 is 15.0 Å². The number of imidazole rings is 1. The molecule has 2 aromatic rings. The molecule has 1 N–H and O–H groups in total. The van der Waals surface area contributed by atoms with Crippen molar-refractivity contribution >= 4 is 33.5 Å². The van der Waals surface area contributed by atoms with Gasteiger partial charge in [-0.05, 0) is 55.3 Å². The number of ether oxygens (including phenoxy) is 1. The highest BCUT2D eigenvalue weighted by atomic mass is 79.9. The van der Waals surface area contributed by atoms with Crippen molar-refractivity contribution in [3.63, 3.8) is 0 Å². The highest BCUT2D eigenvalue weighted by Gasteiger charge is 2.34. The van der Waals surface area contributed by atoms with Gasteiger partial charge in [-0.2, -0.15) is 0 Å². The molecule has 1 aliphatic rings. The lowest BCUT2D eigenvalue weighted by molar-refractivity contribution is -0.00276. The van der Waals surface area contributed by atoms with E-state index in [0.29, 0.717) is 6.54 Å². The van der Waals surface area contributed by atoms with Gasteiger partial charge in [0.25, 0.3) is 0 Å². The highest BCUT2D eigenvalue weighted by Crippen LogP contribution is 2.22. The van der Waals surface area contributed by atoms with Gasteiger partial charge in [-0.3, -0.25) is 0 Å². The van der Waals surface area contributed by atoms with Crippen LogP contribution in [0.3, 0.4) is 0 Å². The number of hydrogen-bond acceptors (Lipinski definition) is 5. The van der Waals surface area contributed by atoms with Gasteiger partial charge >= 0.3 is 6.09 Å². The van der Waals surface area contributed by atoms with Crippen molar-refractivity contribution in [2.45, 2.75) is 38.8 Å². The number of nitrogens with one attached hydrogen (secondary N) is 1. The fourth-order valence-electron chi connectivity index (χ4n) is 2.38.